The fourth-order valence-corrected chi connectivity index (χ4v) is 3.83. The molecule has 7 heteroatoms. The van der Waals surface area contributed by atoms with Crippen molar-refractivity contribution in [3.8, 4) is 17.6 Å². The second kappa shape index (κ2) is 11.0. The van der Waals surface area contributed by atoms with E-state index in [1.807, 2.05) is 48.5 Å². The van der Waals surface area contributed by atoms with Crippen molar-refractivity contribution in [2.75, 3.05) is 12.4 Å². The summed E-state index contributed by atoms with van der Waals surface area (Å²) in [5, 5.41) is 15.2. The Hall–Kier alpha value is -3.98. The van der Waals surface area contributed by atoms with Gasteiger partial charge in [-0.15, -0.1) is 0 Å². The van der Waals surface area contributed by atoms with E-state index in [1.165, 1.54) is 0 Å². The molecule has 0 atom stereocenters. The van der Waals surface area contributed by atoms with Crippen LogP contribution in [0.5, 0.6) is 11.5 Å². The number of nitrogens with one attached hydrogen (secondary N) is 1. The molecule has 5 nitrogen and oxygen atoms in total. The number of fused-ring (bicyclic) bond motifs is 1. The molecule has 0 aliphatic heterocycles. The zero-order chi connectivity index (χ0) is 24.8. The molecule has 0 aromatic heterocycles. The van der Waals surface area contributed by atoms with E-state index in [1.54, 1.807) is 49.6 Å². The standard InChI is InChI=1S/C28H20Cl2N2O3/c1-34-22-10-8-21(9-11-22)32-28(33)20(16-31)15-24-23-5-3-2-4-19(23)7-13-27(24)35-17-18-6-12-25(29)26(30)14-18/h2-15H,17H2,1H3,(H,32,33)/b20-15+. The van der Waals surface area contributed by atoms with Crippen molar-refractivity contribution in [2.45, 2.75) is 6.61 Å². The number of carbonyl (C=O) groups excluding carboxylic acids is 1. The zero-order valence-corrected chi connectivity index (χ0v) is 20.2. The number of ether oxygens (including phenoxy) is 2. The van der Waals surface area contributed by atoms with Crippen LogP contribution in [0.25, 0.3) is 16.8 Å². The first kappa shape index (κ1) is 24.2. The molecular weight excluding hydrogens is 483 g/mol. The second-order valence-electron chi connectivity index (χ2n) is 7.59. The van der Waals surface area contributed by atoms with Crippen LogP contribution in [0.1, 0.15) is 11.1 Å². The highest BCUT2D eigenvalue weighted by atomic mass is 35.5. The minimum atomic E-state index is -0.527. The molecule has 4 rings (SSSR count). The fourth-order valence-electron chi connectivity index (χ4n) is 3.51. The van der Waals surface area contributed by atoms with Gasteiger partial charge in [-0.3, -0.25) is 4.79 Å². The molecule has 4 aromatic carbocycles. The summed E-state index contributed by atoms with van der Waals surface area (Å²) in [5.74, 6) is 0.666. The lowest BCUT2D eigenvalue weighted by molar-refractivity contribution is -0.112. The van der Waals surface area contributed by atoms with Gasteiger partial charge in [0.05, 0.1) is 17.2 Å². The van der Waals surface area contributed by atoms with Crippen LogP contribution >= 0.6 is 23.2 Å². The quantitative estimate of drug-likeness (QED) is 0.213. The maximum Gasteiger partial charge on any atom is 0.266 e. The van der Waals surface area contributed by atoms with Crippen LogP contribution in [-0.4, -0.2) is 13.0 Å². The third-order valence-electron chi connectivity index (χ3n) is 5.31. The number of benzene rings is 4. The Morgan fingerprint density at radius 2 is 1.77 bits per heavy atom. The smallest absolute Gasteiger partial charge is 0.266 e. The molecular formula is C28H20Cl2N2O3. The summed E-state index contributed by atoms with van der Waals surface area (Å²) in [4.78, 5) is 12.9. The van der Waals surface area contributed by atoms with Gasteiger partial charge in [-0.2, -0.15) is 5.26 Å². The molecule has 0 saturated heterocycles. The summed E-state index contributed by atoms with van der Waals surface area (Å²) in [5.41, 5.74) is 1.95. The minimum absolute atomic E-state index is 0.0587. The largest absolute Gasteiger partial charge is 0.497 e. The molecule has 174 valence electrons. The van der Waals surface area contributed by atoms with E-state index >= 15 is 0 Å². The van der Waals surface area contributed by atoms with Crippen molar-refractivity contribution in [1.29, 1.82) is 5.26 Å². The number of nitriles is 1. The number of methoxy groups -OCH3 is 1. The van der Waals surface area contributed by atoms with E-state index in [0.717, 1.165) is 16.3 Å². The van der Waals surface area contributed by atoms with Gasteiger partial charge in [-0.25, -0.2) is 0 Å². The monoisotopic (exact) mass is 502 g/mol. The second-order valence-corrected chi connectivity index (χ2v) is 8.40. The van der Waals surface area contributed by atoms with E-state index < -0.39 is 5.91 Å². The number of anilines is 1. The minimum Gasteiger partial charge on any atom is -0.497 e. The van der Waals surface area contributed by atoms with Gasteiger partial charge >= 0.3 is 0 Å². The summed E-state index contributed by atoms with van der Waals surface area (Å²) in [6, 6.07) is 25.6. The zero-order valence-electron chi connectivity index (χ0n) is 18.7. The molecule has 0 saturated carbocycles. The molecule has 0 unspecified atom stereocenters. The molecule has 35 heavy (non-hydrogen) atoms. The molecule has 0 bridgehead atoms. The Kier molecular flexibility index (Phi) is 7.57. The Labute approximate surface area is 213 Å². The van der Waals surface area contributed by atoms with Crippen LogP contribution in [0, 0.1) is 11.3 Å². The number of halogens is 2. The molecule has 0 aliphatic carbocycles. The van der Waals surface area contributed by atoms with E-state index in [-0.39, 0.29) is 12.2 Å². The summed E-state index contributed by atoms with van der Waals surface area (Å²) in [6.45, 7) is 0.232. The number of amides is 1. The fraction of sp³-hybridized carbons (Fsp3) is 0.0714. The van der Waals surface area contributed by atoms with Crippen LogP contribution in [0.15, 0.2) is 84.4 Å². The molecule has 0 spiro atoms. The van der Waals surface area contributed by atoms with Crippen molar-refractivity contribution < 1.29 is 14.3 Å². The van der Waals surface area contributed by atoms with Crippen molar-refractivity contribution in [3.05, 3.63) is 106 Å². The van der Waals surface area contributed by atoms with Gasteiger partial charge in [0.15, 0.2) is 0 Å². The Morgan fingerprint density at radius 1 is 1.00 bits per heavy atom. The highest BCUT2D eigenvalue weighted by molar-refractivity contribution is 6.42. The Bertz CT molecular complexity index is 1460. The van der Waals surface area contributed by atoms with Gasteiger partial charge in [0.25, 0.3) is 5.91 Å². The average molecular weight is 503 g/mol. The summed E-state index contributed by atoms with van der Waals surface area (Å²) >= 11 is 12.1. The normalized spacial score (nSPS) is 11.1. The van der Waals surface area contributed by atoms with Gasteiger partial charge < -0.3 is 14.8 Å². The van der Waals surface area contributed by atoms with Crippen molar-refractivity contribution in [2.24, 2.45) is 0 Å². The number of hydrogen-bond acceptors (Lipinski definition) is 4. The molecule has 4 aromatic rings. The lowest BCUT2D eigenvalue weighted by Gasteiger charge is -2.13. The van der Waals surface area contributed by atoms with Crippen LogP contribution in [0.2, 0.25) is 10.0 Å². The third kappa shape index (κ3) is 5.75. The summed E-state index contributed by atoms with van der Waals surface area (Å²) in [6.07, 6.45) is 1.55. The first-order valence-corrected chi connectivity index (χ1v) is 11.4. The summed E-state index contributed by atoms with van der Waals surface area (Å²) < 4.78 is 11.2. The maximum absolute atomic E-state index is 12.9. The predicted octanol–water partition coefficient (Wildman–Crippen LogP) is 7.28. The van der Waals surface area contributed by atoms with E-state index in [2.05, 4.69) is 5.32 Å². The first-order chi connectivity index (χ1) is 17.0. The molecule has 0 radical (unpaired) electrons. The van der Waals surface area contributed by atoms with Gasteiger partial charge in [-0.1, -0.05) is 59.6 Å². The average Bonchev–Trinajstić information content (AvgIpc) is 2.88. The maximum atomic E-state index is 12.9. The highest BCUT2D eigenvalue weighted by Gasteiger charge is 2.14. The SMILES string of the molecule is COc1ccc(NC(=O)/C(C#N)=C/c2c(OCc3ccc(Cl)c(Cl)c3)ccc3ccccc23)cc1. The lowest BCUT2D eigenvalue weighted by Crippen LogP contribution is -2.13. The molecule has 1 N–H and O–H groups in total. The molecule has 0 heterocycles. The van der Waals surface area contributed by atoms with Crippen LogP contribution in [-0.2, 0) is 11.4 Å². The van der Waals surface area contributed by atoms with Gasteiger partial charge in [-0.05, 0) is 64.9 Å². The Balaban J connectivity index is 1.67. The molecule has 0 aliphatic rings. The van der Waals surface area contributed by atoms with Crippen molar-refractivity contribution in [1.82, 2.24) is 0 Å². The number of carbonyl (C=O) groups is 1. The number of hydrogen-bond donors (Lipinski definition) is 1. The van der Waals surface area contributed by atoms with Crippen LogP contribution < -0.4 is 14.8 Å². The van der Waals surface area contributed by atoms with Crippen LogP contribution in [0.4, 0.5) is 5.69 Å². The van der Waals surface area contributed by atoms with Gasteiger partial charge in [0.1, 0.15) is 29.7 Å². The van der Waals surface area contributed by atoms with Crippen LogP contribution in [0.3, 0.4) is 0 Å². The topological polar surface area (TPSA) is 71.3 Å². The van der Waals surface area contributed by atoms with Gasteiger partial charge in [0, 0.05) is 11.3 Å². The third-order valence-corrected chi connectivity index (χ3v) is 6.05. The highest BCUT2D eigenvalue weighted by Crippen LogP contribution is 2.32. The molecule has 1 amide bonds. The van der Waals surface area contributed by atoms with E-state index in [9.17, 15) is 10.1 Å². The number of nitrogens with zero attached hydrogens (tertiary/aromatic N) is 1. The number of rotatable bonds is 7. The lowest BCUT2D eigenvalue weighted by atomic mass is 10.0. The molecule has 0 fully saturated rings. The first-order valence-electron chi connectivity index (χ1n) is 10.6. The van der Waals surface area contributed by atoms with E-state index in [4.69, 9.17) is 32.7 Å². The van der Waals surface area contributed by atoms with Crippen molar-refractivity contribution >= 4 is 51.6 Å². The summed E-state index contributed by atoms with van der Waals surface area (Å²) in [7, 11) is 1.56. The predicted molar refractivity (Wildman–Crippen MR) is 140 cm³/mol. The van der Waals surface area contributed by atoms with Crippen molar-refractivity contribution in [3.63, 3.8) is 0 Å². The Morgan fingerprint density at radius 3 is 2.49 bits per heavy atom. The van der Waals surface area contributed by atoms with Gasteiger partial charge in [0.2, 0.25) is 0 Å². The van der Waals surface area contributed by atoms with E-state index in [0.29, 0.717) is 32.8 Å².